The van der Waals surface area contributed by atoms with E-state index in [-0.39, 0.29) is 21.7 Å². The number of hydrogen-bond acceptors (Lipinski definition) is 23. The maximum atomic E-state index is 13.6. The van der Waals surface area contributed by atoms with Crippen LogP contribution < -0.4 is 48.9 Å². The van der Waals surface area contributed by atoms with Crippen molar-refractivity contribution in [1.82, 2.24) is 79.0 Å². The van der Waals surface area contributed by atoms with Gasteiger partial charge in [0.25, 0.3) is 15.9 Å². The monoisotopic (exact) mass is 1400 g/mol. The zero-order chi connectivity index (χ0) is 69.9. The van der Waals surface area contributed by atoms with Crippen molar-refractivity contribution in [2.75, 3.05) is 48.9 Å². The lowest BCUT2D eigenvalue weighted by Crippen LogP contribution is -2.20. The van der Waals surface area contributed by atoms with Crippen molar-refractivity contribution in [3.8, 4) is 22.7 Å². The molecule has 0 aliphatic rings. The minimum absolute atomic E-state index is 0.0298. The number of carbonyl (C=O) groups excluding carboxylic acids is 3. The highest BCUT2D eigenvalue weighted by molar-refractivity contribution is 7.94. The number of aromatic nitrogens is 16. The lowest BCUT2D eigenvalue weighted by atomic mass is 10.1. The number of nitrogens with one attached hydrogen (secondary N) is 5. The number of sulfonamides is 1. The summed E-state index contributed by atoms with van der Waals surface area (Å²) < 4.78 is 47.5. The minimum atomic E-state index is -3.57. The third-order valence-corrected chi connectivity index (χ3v) is 18.4. The van der Waals surface area contributed by atoms with Gasteiger partial charge in [-0.3, -0.25) is 14.3 Å². The summed E-state index contributed by atoms with van der Waals surface area (Å²) in [4.78, 5) is 68.6. The Balaban J connectivity index is 0.000000127. The first-order valence-electron chi connectivity index (χ1n) is 30.2. The first-order chi connectivity index (χ1) is 48.5. The molecule has 0 saturated heterocycles. The van der Waals surface area contributed by atoms with E-state index in [9.17, 15) is 27.2 Å². The second kappa shape index (κ2) is 29.8. The largest absolute Gasteiger partial charge is 0.383 e. The van der Waals surface area contributed by atoms with Crippen molar-refractivity contribution in [2.24, 2.45) is 5.92 Å². The third kappa shape index (κ3) is 15.4. The Hall–Kier alpha value is -13.2. The smallest absolute Gasteiger partial charge is 0.323 e. The number of anilines is 9. The highest BCUT2D eigenvalue weighted by Gasteiger charge is 2.18. The van der Waals surface area contributed by atoms with Gasteiger partial charge < -0.3 is 44.2 Å². The molecule has 0 saturated carbocycles. The molecule has 5 aromatic carbocycles. The minimum Gasteiger partial charge on any atom is -0.383 e. The zero-order valence-corrected chi connectivity index (χ0v) is 55.2. The lowest BCUT2D eigenvalue weighted by Gasteiger charge is -2.10. The van der Waals surface area contributed by atoms with Crippen molar-refractivity contribution in [2.45, 2.75) is 30.9 Å². The predicted molar refractivity (Wildman–Crippen MR) is 383 cm³/mol. The topological polar surface area (TPSA) is 424 Å². The SMILES string of the molecule is CCC(C)CC(=O)Nc1ccc(-n2ncc3c(N)ncnc32)cc1.Nc1ncnc2c1cnn2-c1ccc(NC(=O)Nc2ccccc2F)cc1.Nc1ncnc2c1cnn2-c1ccc(NC(=O)c2ccsc2)cc1.Nc1ncnc2c1cnn2-c1ccc(NS(=O)(=O)c2cccs2)cc1. The van der Waals surface area contributed by atoms with Crippen LogP contribution in [0.2, 0.25) is 0 Å². The molecule has 0 bridgehead atoms. The normalized spacial score (nSPS) is 11.3. The quantitative estimate of drug-likeness (QED) is 0.0460. The number of thiophene rings is 2. The Morgan fingerprint density at radius 2 is 0.900 bits per heavy atom. The molecule has 15 aromatic rings. The van der Waals surface area contributed by atoms with E-state index in [4.69, 9.17) is 22.9 Å². The average molecular weight is 1400 g/mol. The molecule has 0 fully saturated rings. The summed E-state index contributed by atoms with van der Waals surface area (Å²) in [7, 11) is -3.57. The molecule has 0 radical (unpaired) electrons. The number of nitrogens with two attached hydrogens (primary N) is 4. The molecule has 502 valence electrons. The predicted octanol–water partition coefficient (Wildman–Crippen LogP) is 10.9. The number of urea groups is 1. The molecule has 1 atom stereocenters. The second-order valence-corrected chi connectivity index (χ2v) is 25.4. The fourth-order valence-electron chi connectivity index (χ4n) is 9.67. The zero-order valence-electron chi connectivity index (χ0n) is 52.7. The van der Waals surface area contributed by atoms with Crippen LogP contribution in [0.15, 0.2) is 210 Å². The second-order valence-electron chi connectivity index (χ2n) is 21.7. The van der Waals surface area contributed by atoms with E-state index in [0.29, 0.717) is 102 Å². The molecular formula is C66H58FN25O5S3. The molecular weight excluding hydrogens is 1340 g/mol. The third-order valence-electron chi connectivity index (χ3n) is 15.0. The van der Waals surface area contributed by atoms with Gasteiger partial charge in [0.05, 0.1) is 80.3 Å². The molecule has 30 nitrogen and oxygen atoms in total. The van der Waals surface area contributed by atoms with E-state index in [1.54, 1.807) is 128 Å². The number of benzene rings is 5. The van der Waals surface area contributed by atoms with Crippen LogP contribution in [-0.4, -0.2) is 105 Å². The van der Waals surface area contributed by atoms with Gasteiger partial charge in [-0.05, 0) is 138 Å². The standard InChI is InChI=1S/C18H14FN7O.C17H20N6O.C16H12N6OS.C15H12N6O2S2/c19-14-3-1-2-4-15(14)25-18(27)24-11-5-7-12(8-6-11)26-17-13(9-23-26)16(20)21-10-22-17;1-3-11(2)8-15(24)22-12-4-6-13(7-5-12)23-17-14(9-21-23)16(18)19-10-20-17;17-14-13-7-20-22(15(13)19-9-18-14)12-3-1-11(2-4-12)21-16(23)10-5-6-24-8-10;16-14-12-8-19-21(15(12)18-9-17-14)11-5-3-10(4-6-11)20-25(22,23)13-2-1-7-24-13/h1-10H,(H2,20,21,22)(H2,24,25,27);4-7,9-11H,3,8H2,1-2H3,(H,22,24)(H2,18,19,20);1-9H,(H,21,23)(H2,17,18,19);1-9,20H,(H2,16,17,18). The molecule has 15 rings (SSSR count). The van der Waals surface area contributed by atoms with Crippen LogP contribution in [0.5, 0.6) is 0 Å². The number of amides is 4. The van der Waals surface area contributed by atoms with Crippen LogP contribution in [0.3, 0.4) is 0 Å². The van der Waals surface area contributed by atoms with Crippen molar-refractivity contribution in [1.29, 1.82) is 0 Å². The van der Waals surface area contributed by atoms with Gasteiger partial charge in [-0.1, -0.05) is 38.5 Å². The number of nitrogens with zero attached hydrogens (tertiary/aromatic N) is 16. The molecule has 0 spiro atoms. The summed E-state index contributed by atoms with van der Waals surface area (Å²) in [6.07, 6.45) is 13.6. The number of fused-ring (bicyclic) bond motifs is 4. The maximum absolute atomic E-state index is 13.6. The van der Waals surface area contributed by atoms with Gasteiger partial charge >= 0.3 is 6.03 Å². The maximum Gasteiger partial charge on any atom is 0.323 e. The molecule has 0 aliphatic heterocycles. The van der Waals surface area contributed by atoms with E-state index in [1.165, 1.54) is 48.8 Å². The summed E-state index contributed by atoms with van der Waals surface area (Å²) in [6.45, 7) is 4.15. The molecule has 10 heterocycles. The van der Waals surface area contributed by atoms with Crippen LogP contribution in [0.1, 0.15) is 37.0 Å². The highest BCUT2D eigenvalue weighted by Crippen LogP contribution is 2.27. The Labute approximate surface area is 575 Å². The summed E-state index contributed by atoms with van der Waals surface area (Å²) in [5.74, 6) is 1.29. The van der Waals surface area contributed by atoms with E-state index >= 15 is 0 Å². The number of nitrogen functional groups attached to an aromatic ring is 4. The summed E-state index contributed by atoms with van der Waals surface area (Å²) in [6, 6.07) is 39.0. The molecule has 34 heteroatoms. The van der Waals surface area contributed by atoms with Crippen LogP contribution in [0.4, 0.5) is 60.9 Å². The van der Waals surface area contributed by atoms with Crippen molar-refractivity contribution < 1.29 is 27.2 Å². The number of para-hydroxylation sites is 1. The van der Waals surface area contributed by atoms with Crippen LogP contribution >= 0.6 is 22.7 Å². The van der Waals surface area contributed by atoms with Gasteiger partial charge in [0.2, 0.25) is 5.91 Å². The van der Waals surface area contributed by atoms with Gasteiger partial charge in [-0.25, -0.2) is 76.2 Å². The molecule has 10 aromatic heterocycles. The number of halogens is 1. The number of hydrogen-bond donors (Lipinski definition) is 9. The fraction of sp³-hybridized carbons (Fsp3) is 0.0758. The van der Waals surface area contributed by atoms with Crippen molar-refractivity contribution >= 4 is 146 Å². The summed E-state index contributed by atoms with van der Waals surface area (Å²) in [5.41, 5.74) is 32.1. The van der Waals surface area contributed by atoms with Gasteiger partial charge in [0.1, 0.15) is 58.6 Å². The fourth-order valence-corrected chi connectivity index (χ4v) is 12.4. The van der Waals surface area contributed by atoms with E-state index in [2.05, 4.69) is 100 Å². The molecule has 1 unspecified atom stereocenters. The Kier molecular flexibility index (Phi) is 19.9. The molecule has 13 N–H and O–H groups in total. The van der Waals surface area contributed by atoms with E-state index in [1.807, 2.05) is 59.3 Å². The van der Waals surface area contributed by atoms with Crippen molar-refractivity contribution in [3.05, 3.63) is 217 Å². The molecule has 0 aliphatic carbocycles. The van der Waals surface area contributed by atoms with Gasteiger partial charge in [-0.2, -0.15) is 31.7 Å². The number of carbonyl (C=O) groups is 3. The Morgan fingerprint density at radius 3 is 1.29 bits per heavy atom. The van der Waals surface area contributed by atoms with Gasteiger partial charge in [0.15, 0.2) is 22.6 Å². The molecule has 100 heavy (non-hydrogen) atoms. The van der Waals surface area contributed by atoms with Crippen LogP contribution in [0.25, 0.3) is 66.9 Å². The van der Waals surface area contributed by atoms with E-state index in [0.717, 1.165) is 46.2 Å². The highest BCUT2D eigenvalue weighted by atomic mass is 32.2. The Morgan fingerprint density at radius 1 is 0.490 bits per heavy atom. The lowest BCUT2D eigenvalue weighted by molar-refractivity contribution is -0.117. The first kappa shape index (κ1) is 66.8. The van der Waals surface area contributed by atoms with Gasteiger partial charge in [-0.15, -0.1) is 11.3 Å². The summed E-state index contributed by atoms with van der Waals surface area (Å²) in [5, 5.41) is 36.2. The van der Waals surface area contributed by atoms with Crippen LogP contribution in [0, 0.1) is 11.7 Å². The van der Waals surface area contributed by atoms with Crippen molar-refractivity contribution in [3.63, 3.8) is 0 Å². The average Bonchev–Trinajstić information content (AvgIpc) is 1.65. The first-order valence-corrected chi connectivity index (χ1v) is 33.5. The summed E-state index contributed by atoms with van der Waals surface area (Å²) >= 11 is 2.65. The van der Waals surface area contributed by atoms with Crippen LogP contribution in [-0.2, 0) is 14.8 Å². The van der Waals surface area contributed by atoms with Gasteiger partial charge in [0, 0.05) is 34.6 Å². The molecule has 4 amide bonds. The number of rotatable bonds is 15. The Bertz CT molecular complexity index is 5480. The van der Waals surface area contributed by atoms with E-state index < -0.39 is 21.9 Å².